The van der Waals surface area contributed by atoms with Crippen LogP contribution in [0.15, 0.2) is 146 Å². The molecule has 39 heavy (non-hydrogen) atoms. The highest BCUT2D eigenvalue weighted by Crippen LogP contribution is 2.61. The SMILES string of the molecule is c1ccc(-c2ccc3c(c2)Oc2ccc(-c4ccccc4)cc2C32c3ccccc3Oc3ccccc32)cc1. The predicted octanol–water partition coefficient (Wildman–Crippen LogP) is 9.61. The van der Waals surface area contributed by atoms with E-state index in [1.165, 1.54) is 5.56 Å². The van der Waals surface area contributed by atoms with E-state index in [0.717, 1.165) is 61.9 Å². The van der Waals surface area contributed by atoms with Crippen LogP contribution in [0, 0.1) is 0 Å². The Balaban J connectivity index is 1.48. The van der Waals surface area contributed by atoms with Crippen molar-refractivity contribution in [1.82, 2.24) is 0 Å². The third-order valence-corrected chi connectivity index (χ3v) is 8.01. The highest BCUT2D eigenvalue weighted by Gasteiger charge is 2.50. The summed E-state index contributed by atoms with van der Waals surface area (Å²) in [6.07, 6.45) is 0. The number of ether oxygens (including phenoxy) is 2. The van der Waals surface area contributed by atoms with Gasteiger partial charge in [0.2, 0.25) is 0 Å². The zero-order valence-electron chi connectivity index (χ0n) is 21.2. The maximum absolute atomic E-state index is 6.75. The summed E-state index contributed by atoms with van der Waals surface area (Å²) in [5.74, 6) is 3.46. The van der Waals surface area contributed by atoms with Crippen LogP contribution < -0.4 is 9.47 Å². The van der Waals surface area contributed by atoms with Crippen molar-refractivity contribution in [2.75, 3.05) is 0 Å². The number of hydrogen-bond donors (Lipinski definition) is 0. The van der Waals surface area contributed by atoms with Crippen LogP contribution >= 0.6 is 0 Å². The van der Waals surface area contributed by atoms with Gasteiger partial charge in [0, 0.05) is 22.3 Å². The molecule has 184 valence electrons. The summed E-state index contributed by atoms with van der Waals surface area (Å²) in [4.78, 5) is 0. The molecule has 0 fully saturated rings. The van der Waals surface area contributed by atoms with Crippen molar-refractivity contribution in [1.29, 1.82) is 0 Å². The molecule has 0 amide bonds. The van der Waals surface area contributed by atoms with Crippen molar-refractivity contribution in [2.45, 2.75) is 5.41 Å². The van der Waals surface area contributed by atoms with E-state index in [4.69, 9.17) is 9.47 Å². The normalized spacial score (nSPS) is 13.7. The molecule has 0 saturated carbocycles. The van der Waals surface area contributed by atoms with Gasteiger partial charge in [-0.3, -0.25) is 0 Å². The molecule has 0 bridgehead atoms. The van der Waals surface area contributed by atoms with Gasteiger partial charge in [0.15, 0.2) is 0 Å². The number of fused-ring (bicyclic) bond motifs is 8. The standard InChI is InChI=1S/C37H24O2/c1-3-11-25(12-4-1)27-20-22-35-32(23-27)37(29-15-7-9-17-33(29)38-34-18-10-8-16-30(34)37)31-21-19-28(24-36(31)39-35)26-13-5-2-6-14-26/h1-24H. The average Bonchev–Trinajstić information content (AvgIpc) is 3.01. The Labute approximate surface area is 227 Å². The summed E-state index contributed by atoms with van der Waals surface area (Å²) < 4.78 is 13.2. The quantitative estimate of drug-likeness (QED) is 0.235. The van der Waals surface area contributed by atoms with E-state index < -0.39 is 5.41 Å². The maximum atomic E-state index is 6.75. The van der Waals surface area contributed by atoms with Gasteiger partial charge < -0.3 is 9.47 Å². The van der Waals surface area contributed by atoms with Gasteiger partial charge in [-0.05, 0) is 52.6 Å². The Kier molecular flexibility index (Phi) is 4.77. The van der Waals surface area contributed by atoms with Crippen molar-refractivity contribution in [3.63, 3.8) is 0 Å². The first kappa shape index (κ1) is 22.0. The van der Waals surface area contributed by atoms with Crippen molar-refractivity contribution in [2.24, 2.45) is 0 Å². The first-order chi connectivity index (χ1) is 19.3. The summed E-state index contributed by atoms with van der Waals surface area (Å²) in [7, 11) is 0. The van der Waals surface area contributed by atoms with E-state index >= 15 is 0 Å². The second-order valence-electron chi connectivity index (χ2n) is 10.1. The zero-order valence-corrected chi connectivity index (χ0v) is 21.2. The fourth-order valence-corrected chi connectivity index (χ4v) is 6.29. The monoisotopic (exact) mass is 500 g/mol. The largest absolute Gasteiger partial charge is 0.457 e. The Morgan fingerprint density at radius 1 is 0.308 bits per heavy atom. The molecule has 6 aromatic carbocycles. The lowest BCUT2D eigenvalue weighted by molar-refractivity contribution is 0.399. The molecule has 0 N–H and O–H groups in total. The molecular formula is C37H24O2. The summed E-state index contributed by atoms with van der Waals surface area (Å²) in [6.45, 7) is 0. The maximum Gasteiger partial charge on any atom is 0.132 e. The number of para-hydroxylation sites is 2. The van der Waals surface area contributed by atoms with Crippen LogP contribution in [0.4, 0.5) is 0 Å². The molecule has 0 unspecified atom stereocenters. The number of benzene rings is 6. The highest BCUT2D eigenvalue weighted by molar-refractivity contribution is 5.79. The van der Waals surface area contributed by atoms with Crippen LogP contribution in [0.5, 0.6) is 23.0 Å². The van der Waals surface area contributed by atoms with Crippen molar-refractivity contribution < 1.29 is 9.47 Å². The van der Waals surface area contributed by atoms with Crippen LogP contribution in [-0.2, 0) is 5.41 Å². The number of hydrogen-bond acceptors (Lipinski definition) is 2. The molecule has 0 aromatic heterocycles. The van der Waals surface area contributed by atoms with Crippen molar-refractivity contribution >= 4 is 0 Å². The Bertz CT molecular complexity index is 1810. The summed E-state index contributed by atoms with van der Waals surface area (Å²) in [6, 6.07) is 51.1. The van der Waals surface area contributed by atoms with E-state index in [1.807, 2.05) is 18.2 Å². The first-order valence-electron chi connectivity index (χ1n) is 13.3. The molecule has 2 heterocycles. The van der Waals surface area contributed by atoms with Crippen molar-refractivity contribution in [3.05, 3.63) is 168 Å². The van der Waals surface area contributed by atoms with Crippen LogP contribution in [0.1, 0.15) is 22.3 Å². The molecule has 2 nitrogen and oxygen atoms in total. The van der Waals surface area contributed by atoms with E-state index in [1.54, 1.807) is 0 Å². The van der Waals surface area contributed by atoms with Crippen LogP contribution in [0.2, 0.25) is 0 Å². The summed E-state index contributed by atoms with van der Waals surface area (Å²) in [5, 5.41) is 0. The molecule has 0 radical (unpaired) electrons. The molecular weight excluding hydrogens is 476 g/mol. The third kappa shape index (κ3) is 3.22. The van der Waals surface area contributed by atoms with Gasteiger partial charge >= 0.3 is 0 Å². The van der Waals surface area contributed by atoms with Crippen LogP contribution in [0.3, 0.4) is 0 Å². The van der Waals surface area contributed by atoms with Gasteiger partial charge in [-0.2, -0.15) is 0 Å². The highest BCUT2D eigenvalue weighted by atomic mass is 16.5. The van der Waals surface area contributed by atoms with E-state index in [2.05, 4.69) is 127 Å². The number of rotatable bonds is 2. The van der Waals surface area contributed by atoms with Gasteiger partial charge in [-0.1, -0.05) is 115 Å². The lowest BCUT2D eigenvalue weighted by atomic mass is 9.62. The second-order valence-corrected chi connectivity index (χ2v) is 10.1. The molecule has 2 aliphatic rings. The van der Waals surface area contributed by atoms with Crippen LogP contribution in [0.25, 0.3) is 22.3 Å². The van der Waals surface area contributed by atoms with Crippen LogP contribution in [-0.4, -0.2) is 0 Å². The van der Waals surface area contributed by atoms with Gasteiger partial charge in [-0.15, -0.1) is 0 Å². The lowest BCUT2D eigenvalue weighted by Crippen LogP contribution is -2.36. The van der Waals surface area contributed by atoms with Crippen molar-refractivity contribution in [3.8, 4) is 45.3 Å². The fraction of sp³-hybridized carbons (Fsp3) is 0.0270. The van der Waals surface area contributed by atoms with Gasteiger partial charge in [0.25, 0.3) is 0 Å². The van der Waals surface area contributed by atoms with Gasteiger partial charge in [-0.25, -0.2) is 0 Å². The third-order valence-electron chi connectivity index (χ3n) is 8.01. The minimum absolute atomic E-state index is 0.603. The van der Waals surface area contributed by atoms with E-state index in [0.29, 0.717) is 0 Å². The predicted molar refractivity (Wildman–Crippen MR) is 156 cm³/mol. The zero-order chi connectivity index (χ0) is 25.8. The van der Waals surface area contributed by atoms with E-state index in [9.17, 15) is 0 Å². The molecule has 6 aromatic rings. The average molecular weight is 501 g/mol. The fourth-order valence-electron chi connectivity index (χ4n) is 6.29. The molecule has 2 aliphatic heterocycles. The minimum atomic E-state index is -0.603. The van der Waals surface area contributed by atoms with Gasteiger partial charge in [0.05, 0.1) is 5.41 Å². The smallest absolute Gasteiger partial charge is 0.132 e. The Morgan fingerprint density at radius 2 is 0.769 bits per heavy atom. The topological polar surface area (TPSA) is 18.5 Å². The molecule has 8 rings (SSSR count). The minimum Gasteiger partial charge on any atom is -0.457 e. The summed E-state index contributed by atoms with van der Waals surface area (Å²) >= 11 is 0. The first-order valence-corrected chi connectivity index (χ1v) is 13.3. The molecule has 2 heteroatoms. The Morgan fingerprint density at radius 3 is 1.41 bits per heavy atom. The van der Waals surface area contributed by atoms with Gasteiger partial charge in [0.1, 0.15) is 23.0 Å². The summed E-state index contributed by atoms with van der Waals surface area (Å²) in [5.41, 5.74) is 8.49. The molecule has 0 atom stereocenters. The molecule has 0 saturated heterocycles. The second kappa shape index (κ2) is 8.47. The molecule has 0 aliphatic carbocycles. The van der Waals surface area contributed by atoms with E-state index in [-0.39, 0.29) is 0 Å². The lowest BCUT2D eigenvalue weighted by Gasteiger charge is -2.45. The Hall–Kier alpha value is -5.08. The molecule has 1 spiro atoms.